The number of thiocarbonyl (C=S) groups is 1. The maximum Gasteiger partial charge on any atom is 0.176 e. The Morgan fingerprint density at radius 2 is 1.69 bits per heavy atom. The summed E-state index contributed by atoms with van der Waals surface area (Å²) in [6, 6.07) is 12.1. The van der Waals surface area contributed by atoms with Crippen LogP contribution in [0.4, 0.5) is 15.9 Å². The van der Waals surface area contributed by atoms with Crippen molar-refractivity contribution in [2.24, 2.45) is 0 Å². The first-order chi connectivity index (χ1) is 15.4. The third-order valence-corrected chi connectivity index (χ3v) is 5.72. The minimum absolute atomic E-state index is 0.127. The highest BCUT2D eigenvalue weighted by atomic mass is 35.5. The predicted octanol–water partition coefficient (Wildman–Crippen LogP) is 6.08. The van der Waals surface area contributed by atoms with Crippen LogP contribution in [-0.4, -0.2) is 24.7 Å². The van der Waals surface area contributed by atoms with E-state index in [1.165, 1.54) is 10.7 Å². The number of anilines is 2. The topological polar surface area (TPSA) is 59.7 Å². The van der Waals surface area contributed by atoms with Crippen molar-refractivity contribution in [1.29, 1.82) is 0 Å². The monoisotopic (exact) mass is 508 g/mol. The molecule has 0 bridgehead atoms. The Labute approximate surface area is 203 Å². The van der Waals surface area contributed by atoms with Gasteiger partial charge in [-0.15, -0.1) is 0 Å². The first-order valence-electron chi connectivity index (χ1n) is 9.39. The number of benzene rings is 2. The summed E-state index contributed by atoms with van der Waals surface area (Å²) < 4.78 is 17.3. The molecule has 0 aliphatic heterocycles. The summed E-state index contributed by atoms with van der Waals surface area (Å²) in [5, 5.41) is 16.2. The molecule has 11 heteroatoms. The van der Waals surface area contributed by atoms with Crippen LogP contribution in [0.3, 0.4) is 0 Å². The summed E-state index contributed by atoms with van der Waals surface area (Å²) in [6.07, 6.45) is 5.01. The standard InChI is InChI=1S/C21H16Cl3FN6S/c22-16-5-2-1-4-13(16)9-30-10-14(8-26-30)27-21(32)28-20-18(24)12-31(29-20)11-15-17(23)6-3-7-19(15)25/h1-8,10,12H,9,11H2,(H2,27,28,29,32). The second-order valence-corrected chi connectivity index (χ2v) is 8.45. The van der Waals surface area contributed by atoms with Crippen LogP contribution < -0.4 is 10.6 Å². The molecule has 4 rings (SSSR count). The zero-order chi connectivity index (χ0) is 22.7. The van der Waals surface area contributed by atoms with E-state index in [4.69, 9.17) is 47.0 Å². The van der Waals surface area contributed by atoms with Gasteiger partial charge in [0, 0.05) is 28.0 Å². The van der Waals surface area contributed by atoms with Crippen LogP contribution in [0.1, 0.15) is 11.1 Å². The van der Waals surface area contributed by atoms with Crippen LogP contribution in [-0.2, 0) is 13.1 Å². The fourth-order valence-electron chi connectivity index (χ4n) is 2.99. The van der Waals surface area contributed by atoms with Gasteiger partial charge in [-0.05, 0) is 36.0 Å². The van der Waals surface area contributed by atoms with E-state index in [1.807, 2.05) is 24.3 Å². The van der Waals surface area contributed by atoms with Gasteiger partial charge in [0.1, 0.15) is 10.8 Å². The molecule has 164 valence electrons. The largest absolute Gasteiger partial charge is 0.330 e. The van der Waals surface area contributed by atoms with Gasteiger partial charge in [-0.25, -0.2) is 4.39 Å². The van der Waals surface area contributed by atoms with Crippen LogP contribution in [0.2, 0.25) is 15.1 Å². The van der Waals surface area contributed by atoms with Gasteiger partial charge >= 0.3 is 0 Å². The van der Waals surface area contributed by atoms with Gasteiger partial charge in [0.2, 0.25) is 0 Å². The van der Waals surface area contributed by atoms with Gasteiger partial charge in [-0.3, -0.25) is 9.36 Å². The normalized spacial score (nSPS) is 10.9. The summed E-state index contributed by atoms with van der Waals surface area (Å²) in [5.41, 5.74) is 1.96. The van der Waals surface area contributed by atoms with Gasteiger partial charge in [0.15, 0.2) is 10.9 Å². The van der Waals surface area contributed by atoms with E-state index in [0.717, 1.165) is 5.56 Å². The first kappa shape index (κ1) is 22.5. The first-order valence-corrected chi connectivity index (χ1v) is 10.9. The highest BCUT2D eigenvalue weighted by Crippen LogP contribution is 2.24. The molecule has 2 aromatic carbocycles. The maximum atomic E-state index is 14.0. The van der Waals surface area contributed by atoms with Gasteiger partial charge in [-0.2, -0.15) is 10.2 Å². The van der Waals surface area contributed by atoms with E-state index < -0.39 is 5.82 Å². The lowest BCUT2D eigenvalue weighted by Crippen LogP contribution is -2.19. The minimum Gasteiger partial charge on any atom is -0.330 e. The molecule has 0 amide bonds. The van der Waals surface area contributed by atoms with Crippen molar-refractivity contribution in [2.45, 2.75) is 13.1 Å². The van der Waals surface area contributed by atoms with Gasteiger partial charge in [-0.1, -0.05) is 59.1 Å². The quantitative estimate of drug-likeness (QED) is 0.308. The molecule has 0 unspecified atom stereocenters. The summed E-state index contributed by atoms with van der Waals surface area (Å²) in [5.74, 6) is -0.0790. The molecular weight excluding hydrogens is 494 g/mol. The highest BCUT2D eigenvalue weighted by molar-refractivity contribution is 7.80. The van der Waals surface area contributed by atoms with Crippen LogP contribution in [0, 0.1) is 5.82 Å². The molecule has 0 saturated heterocycles. The Morgan fingerprint density at radius 3 is 2.47 bits per heavy atom. The SMILES string of the molecule is Fc1cccc(Cl)c1Cn1cc(Cl)c(NC(=S)Nc2cnn(Cc3ccccc3Cl)c2)n1. The number of nitrogens with zero attached hydrogens (tertiary/aromatic N) is 4. The molecule has 0 fully saturated rings. The lowest BCUT2D eigenvalue weighted by Gasteiger charge is -2.08. The van der Waals surface area contributed by atoms with Crippen molar-refractivity contribution in [2.75, 3.05) is 10.6 Å². The Bertz CT molecular complexity index is 1250. The average Bonchev–Trinajstić information content (AvgIpc) is 3.32. The number of rotatable bonds is 6. The molecule has 32 heavy (non-hydrogen) atoms. The van der Waals surface area contributed by atoms with E-state index in [0.29, 0.717) is 38.7 Å². The minimum atomic E-state index is -0.412. The molecule has 2 N–H and O–H groups in total. The van der Waals surface area contributed by atoms with E-state index in [2.05, 4.69) is 20.8 Å². The third-order valence-electron chi connectivity index (χ3n) is 4.51. The van der Waals surface area contributed by atoms with Crippen LogP contribution in [0.25, 0.3) is 0 Å². The second-order valence-electron chi connectivity index (χ2n) is 6.82. The molecule has 0 radical (unpaired) electrons. The Balaban J connectivity index is 1.39. The zero-order valence-corrected chi connectivity index (χ0v) is 19.5. The Morgan fingerprint density at radius 1 is 0.906 bits per heavy atom. The van der Waals surface area contributed by atoms with Crippen LogP contribution in [0.5, 0.6) is 0 Å². The third kappa shape index (κ3) is 5.39. The smallest absolute Gasteiger partial charge is 0.176 e. The summed E-state index contributed by atoms with van der Waals surface area (Å²) in [6.45, 7) is 0.651. The Hall–Kier alpha value is -2.65. The van der Waals surface area contributed by atoms with Crippen LogP contribution >= 0.6 is 47.0 Å². The zero-order valence-electron chi connectivity index (χ0n) is 16.4. The molecule has 2 heterocycles. The number of hydrogen-bond donors (Lipinski definition) is 2. The second kappa shape index (κ2) is 9.87. The number of aromatic nitrogens is 4. The number of hydrogen-bond acceptors (Lipinski definition) is 3. The van der Waals surface area contributed by atoms with E-state index in [1.54, 1.807) is 35.4 Å². The highest BCUT2D eigenvalue weighted by Gasteiger charge is 2.13. The molecule has 4 aromatic rings. The number of nitrogens with one attached hydrogen (secondary N) is 2. The summed E-state index contributed by atoms with van der Waals surface area (Å²) >= 11 is 23.9. The average molecular weight is 510 g/mol. The van der Waals surface area contributed by atoms with Crippen molar-refractivity contribution in [3.8, 4) is 0 Å². The van der Waals surface area contributed by atoms with Crippen molar-refractivity contribution >= 4 is 63.6 Å². The van der Waals surface area contributed by atoms with Crippen molar-refractivity contribution in [1.82, 2.24) is 19.6 Å². The molecule has 0 saturated carbocycles. The van der Waals surface area contributed by atoms with Gasteiger partial charge in [0.25, 0.3) is 0 Å². The van der Waals surface area contributed by atoms with Crippen molar-refractivity contribution < 1.29 is 4.39 Å². The van der Waals surface area contributed by atoms with E-state index in [9.17, 15) is 4.39 Å². The van der Waals surface area contributed by atoms with Crippen molar-refractivity contribution in [3.05, 3.63) is 93.1 Å². The molecule has 2 aromatic heterocycles. The lowest BCUT2D eigenvalue weighted by atomic mass is 10.2. The van der Waals surface area contributed by atoms with E-state index in [-0.39, 0.29) is 11.7 Å². The molecule has 6 nitrogen and oxygen atoms in total. The number of halogens is 4. The molecule has 0 atom stereocenters. The fraction of sp³-hybridized carbons (Fsp3) is 0.0952. The molecule has 0 spiro atoms. The van der Waals surface area contributed by atoms with Crippen LogP contribution in [0.15, 0.2) is 61.1 Å². The maximum absolute atomic E-state index is 14.0. The van der Waals surface area contributed by atoms with Gasteiger partial charge in [0.05, 0.1) is 25.0 Å². The predicted molar refractivity (Wildman–Crippen MR) is 130 cm³/mol. The van der Waals surface area contributed by atoms with Crippen molar-refractivity contribution in [3.63, 3.8) is 0 Å². The molecule has 0 aliphatic rings. The molecule has 0 aliphatic carbocycles. The summed E-state index contributed by atoms with van der Waals surface area (Å²) in [7, 11) is 0. The Kier molecular flexibility index (Phi) is 6.95. The lowest BCUT2D eigenvalue weighted by molar-refractivity contribution is 0.586. The van der Waals surface area contributed by atoms with Gasteiger partial charge < -0.3 is 10.6 Å². The molecular formula is C21H16Cl3FN6S. The summed E-state index contributed by atoms with van der Waals surface area (Å²) in [4.78, 5) is 0. The van der Waals surface area contributed by atoms with E-state index >= 15 is 0 Å². The fourth-order valence-corrected chi connectivity index (χ4v) is 3.82.